The number of thioether (sulfide) groups is 1. The molecule has 1 amide bonds. The van der Waals surface area contributed by atoms with Gasteiger partial charge in [0, 0.05) is 24.2 Å². The number of hydrogen-bond acceptors (Lipinski definition) is 4. The third-order valence-corrected chi connectivity index (χ3v) is 5.49. The molecule has 0 saturated carbocycles. The van der Waals surface area contributed by atoms with Gasteiger partial charge in [0.25, 0.3) is 0 Å². The fraction of sp³-hybridized carbons (Fsp3) is 0.211. The lowest BCUT2D eigenvalue weighted by Crippen LogP contribution is -2.27. The standard InChI is InChI=1S/C19H18Cl2N4OS/c1-25-18(15-8-7-14(20)11-16(15)21)23-24-19(25)27-12-17(26)22-10-9-13-5-3-2-4-6-13/h2-8,11H,9-10,12H2,1H3,(H,22,26). The summed E-state index contributed by atoms with van der Waals surface area (Å²) in [5, 5.41) is 13.0. The van der Waals surface area contributed by atoms with Crippen LogP contribution in [0.15, 0.2) is 53.7 Å². The van der Waals surface area contributed by atoms with Crippen LogP contribution in [-0.4, -0.2) is 33.0 Å². The van der Waals surface area contributed by atoms with Crippen molar-refractivity contribution in [3.8, 4) is 11.4 Å². The van der Waals surface area contributed by atoms with Crippen molar-refractivity contribution in [1.82, 2.24) is 20.1 Å². The molecule has 0 aliphatic carbocycles. The van der Waals surface area contributed by atoms with Crippen molar-refractivity contribution in [3.05, 3.63) is 64.1 Å². The predicted molar refractivity (Wildman–Crippen MR) is 110 cm³/mol. The Morgan fingerprint density at radius 2 is 1.93 bits per heavy atom. The van der Waals surface area contributed by atoms with Gasteiger partial charge in [0.15, 0.2) is 11.0 Å². The van der Waals surface area contributed by atoms with Gasteiger partial charge in [-0.2, -0.15) is 0 Å². The fourth-order valence-corrected chi connectivity index (χ4v) is 3.75. The highest BCUT2D eigenvalue weighted by Crippen LogP contribution is 2.30. The number of rotatable bonds is 7. The Bertz CT molecular complexity index is 931. The van der Waals surface area contributed by atoms with Gasteiger partial charge in [-0.1, -0.05) is 65.3 Å². The Morgan fingerprint density at radius 1 is 1.15 bits per heavy atom. The van der Waals surface area contributed by atoms with Crippen LogP contribution in [0, 0.1) is 0 Å². The number of aromatic nitrogens is 3. The van der Waals surface area contributed by atoms with Gasteiger partial charge in [0.1, 0.15) is 0 Å². The van der Waals surface area contributed by atoms with Crippen molar-refractivity contribution >= 4 is 40.9 Å². The summed E-state index contributed by atoms with van der Waals surface area (Å²) in [6.07, 6.45) is 0.806. The van der Waals surface area contributed by atoms with Gasteiger partial charge >= 0.3 is 0 Å². The molecule has 0 radical (unpaired) electrons. The van der Waals surface area contributed by atoms with Crippen LogP contribution < -0.4 is 5.32 Å². The predicted octanol–water partition coefficient (Wildman–Crippen LogP) is 4.24. The molecule has 0 fully saturated rings. The lowest BCUT2D eigenvalue weighted by atomic mass is 10.1. The minimum atomic E-state index is -0.0370. The highest BCUT2D eigenvalue weighted by molar-refractivity contribution is 7.99. The van der Waals surface area contributed by atoms with Gasteiger partial charge in [-0.05, 0) is 30.2 Å². The van der Waals surface area contributed by atoms with Crippen molar-refractivity contribution < 1.29 is 4.79 Å². The summed E-state index contributed by atoms with van der Waals surface area (Å²) >= 11 is 13.5. The van der Waals surface area contributed by atoms with E-state index in [-0.39, 0.29) is 11.7 Å². The van der Waals surface area contributed by atoms with Crippen LogP contribution in [0.25, 0.3) is 11.4 Å². The quantitative estimate of drug-likeness (QED) is 0.580. The Kier molecular flexibility index (Phi) is 6.77. The summed E-state index contributed by atoms with van der Waals surface area (Å²) in [5.74, 6) is 0.864. The molecule has 2 aromatic carbocycles. The Hall–Kier alpha value is -2.02. The van der Waals surface area contributed by atoms with E-state index in [1.807, 2.05) is 41.9 Å². The molecule has 1 aromatic heterocycles. The molecule has 0 atom stereocenters. The molecule has 0 spiro atoms. The number of nitrogens with zero attached hydrogens (tertiary/aromatic N) is 3. The maximum Gasteiger partial charge on any atom is 0.230 e. The first-order chi connectivity index (χ1) is 13.0. The molecule has 3 rings (SSSR count). The zero-order valence-corrected chi connectivity index (χ0v) is 17.0. The molecule has 0 aliphatic heterocycles. The van der Waals surface area contributed by atoms with Crippen LogP contribution in [0.3, 0.4) is 0 Å². The summed E-state index contributed by atoms with van der Waals surface area (Å²) in [7, 11) is 1.84. The molecule has 3 aromatic rings. The number of halogens is 2. The van der Waals surface area contributed by atoms with E-state index in [0.29, 0.717) is 27.6 Å². The summed E-state index contributed by atoms with van der Waals surface area (Å²) in [5.41, 5.74) is 1.94. The molecule has 0 saturated heterocycles. The number of hydrogen-bond donors (Lipinski definition) is 1. The van der Waals surface area contributed by atoms with E-state index in [0.717, 1.165) is 12.0 Å². The lowest BCUT2D eigenvalue weighted by Gasteiger charge is -2.07. The van der Waals surface area contributed by atoms with Gasteiger partial charge < -0.3 is 9.88 Å². The largest absolute Gasteiger partial charge is 0.355 e. The zero-order valence-electron chi connectivity index (χ0n) is 14.7. The van der Waals surface area contributed by atoms with Gasteiger partial charge in [-0.15, -0.1) is 10.2 Å². The van der Waals surface area contributed by atoms with Crippen LogP contribution in [-0.2, 0) is 18.3 Å². The van der Waals surface area contributed by atoms with Crippen LogP contribution in [0.1, 0.15) is 5.56 Å². The number of amides is 1. The summed E-state index contributed by atoms with van der Waals surface area (Å²) in [6.45, 7) is 0.605. The second-order valence-corrected chi connectivity index (χ2v) is 7.65. The summed E-state index contributed by atoms with van der Waals surface area (Å²) in [6, 6.07) is 15.3. The van der Waals surface area contributed by atoms with Crippen LogP contribution in [0.5, 0.6) is 0 Å². The summed E-state index contributed by atoms with van der Waals surface area (Å²) in [4.78, 5) is 12.1. The normalized spacial score (nSPS) is 10.8. The average molecular weight is 421 g/mol. The molecule has 27 heavy (non-hydrogen) atoms. The number of carbonyl (C=O) groups excluding carboxylic acids is 1. The molecule has 0 aliphatic rings. The van der Waals surface area contributed by atoms with Crippen molar-refractivity contribution in [2.75, 3.05) is 12.3 Å². The smallest absolute Gasteiger partial charge is 0.230 e. The minimum absolute atomic E-state index is 0.0370. The molecule has 8 heteroatoms. The van der Waals surface area contributed by atoms with E-state index in [1.54, 1.807) is 18.2 Å². The maximum atomic E-state index is 12.1. The highest BCUT2D eigenvalue weighted by Gasteiger charge is 2.15. The molecule has 0 bridgehead atoms. The first kappa shape index (κ1) is 19.7. The second-order valence-electron chi connectivity index (χ2n) is 5.86. The van der Waals surface area contributed by atoms with Crippen LogP contribution in [0.2, 0.25) is 10.0 Å². The summed E-state index contributed by atoms with van der Waals surface area (Å²) < 4.78 is 1.82. The monoisotopic (exact) mass is 420 g/mol. The molecular weight excluding hydrogens is 403 g/mol. The van der Waals surface area contributed by atoms with Crippen molar-refractivity contribution in [3.63, 3.8) is 0 Å². The Morgan fingerprint density at radius 3 is 2.67 bits per heavy atom. The van der Waals surface area contributed by atoms with Crippen LogP contribution >= 0.6 is 35.0 Å². The SMILES string of the molecule is Cn1c(SCC(=O)NCCc2ccccc2)nnc1-c1ccc(Cl)cc1Cl. The van der Waals surface area contributed by atoms with Crippen molar-refractivity contribution in [2.24, 2.45) is 7.05 Å². The number of benzene rings is 2. The van der Waals surface area contributed by atoms with Gasteiger partial charge in [-0.25, -0.2) is 0 Å². The van der Waals surface area contributed by atoms with Gasteiger partial charge in [-0.3, -0.25) is 4.79 Å². The highest BCUT2D eigenvalue weighted by atomic mass is 35.5. The Labute approximate surface area is 172 Å². The molecule has 140 valence electrons. The topological polar surface area (TPSA) is 59.8 Å². The van der Waals surface area contributed by atoms with Gasteiger partial charge in [0.05, 0.1) is 10.8 Å². The average Bonchev–Trinajstić information content (AvgIpc) is 3.01. The second kappa shape index (κ2) is 9.26. The molecule has 1 N–H and O–H groups in total. The number of carbonyl (C=O) groups is 1. The maximum absolute atomic E-state index is 12.1. The van der Waals surface area contributed by atoms with E-state index in [1.165, 1.54) is 17.3 Å². The molecule has 0 unspecified atom stereocenters. The molecule has 5 nitrogen and oxygen atoms in total. The lowest BCUT2D eigenvalue weighted by molar-refractivity contribution is -0.118. The van der Waals surface area contributed by atoms with E-state index < -0.39 is 0 Å². The first-order valence-electron chi connectivity index (χ1n) is 8.33. The van der Waals surface area contributed by atoms with Crippen molar-refractivity contribution in [1.29, 1.82) is 0 Å². The third kappa shape index (κ3) is 5.25. The minimum Gasteiger partial charge on any atom is -0.355 e. The fourth-order valence-electron chi connectivity index (χ4n) is 2.52. The third-order valence-electron chi connectivity index (χ3n) is 3.92. The van der Waals surface area contributed by atoms with E-state index in [9.17, 15) is 4.79 Å². The first-order valence-corrected chi connectivity index (χ1v) is 10.1. The van der Waals surface area contributed by atoms with E-state index in [2.05, 4.69) is 15.5 Å². The van der Waals surface area contributed by atoms with Crippen molar-refractivity contribution in [2.45, 2.75) is 11.6 Å². The zero-order chi connectivity index (χ0) is 19.2. The molecule has 1 heterocycles. The van der Waals surface area contributed by atoms with Gasteiger partial charge in [0.2, 0.25) is 5.91 Å². The molecular formula is C19H18Cl2N4OS. The van der Waals surface area contributed by atoms with Crippen LogP contribution in [0.4, 0.5) is 0 Å². The van der Waals surface area contributed by atoms with E-state index in [4.69, 9.17) is 23.2 Å². The number of nitrogens with one attached hydrogen (secondary N) is 1. The Balaban J connectivity index is 1.54. The van der Waals surface area contributed by atoms with E-state index >= 15 is 0 Å².